The minimum absolute atomic E-state index is 0.221. The number of urea groups is 1. The number of carbonyl (C=O) groups is 2. The monoisotopic (exact) mass is 409 g/mol. The maximum atomic E-state index is 12.8. The van der Waals surface area contributed by atoms with Gasteiger partial charge in [0, 0.05) is 31.9 Å². The summed E-state index contributed by atoms with van der Waals surface area (Å²) in [6.07, 6.45) is 2.38. The molecule has 8 heteroatoms. The molecule has 1 aromatic carbocycles. The lowest BCUT2D eigenvalue weighted by molar-refractivity contribution is 0.0950. The van der Waals surface area contributed by atoms with Crippen LogP contribution in [0.4, 0.5) is 10.6 Å². The van der Waals surface area contributed by atoms with Crippen LogP contribution in [0.1, 0.15) is 35.5 Å². The van der Waals surface area contributed by atoms with Crippen LogP contribution in [0.5, 0.6) is 5.75 Å². The van der Waals surface area contributed by atoms with Crippen LogP contribution >= 0.6 is 0 Å². The number of ether oxygens (including phenoxy) is 1. The average Bonchev–Trinajstić information content (AvgIpc) is 3.14. The number of imidazole rings is 1. The van der Waals surface area contributed by atoms with Crippen LogP contribution in [-0.2, 0) is 13.0 Å². The van der Waals surface area contributed by atoms with Gasteiger partial charge in [0.05, 0.1) is 18.4 Å². The summed E-state index contributed by atoms with van der Waals surface area (Å²) in [4.78, 5) is 31.3. The summed E-state index contributed by atoms with van der Waals surface area (Å²) in [6, 6.07) is 10.8. The molecule has 0 aliphatic heterocycles. The molecular weight excluding hydrogens is 382 g/mol. The van der Waals surface area contributed by atoms with E-state index in [4.69, 9.17) is 4.74 Å². The molecule has 2 N–H and O–H groups in total. The standard InChI is InChI=1S/C22H27N5O3/c1-5-17-21(26(3)22(29)23-6-2)27-14-16(11-12-19(27)25-17)20(28)24-13-15-9-7-8-10-18(15)30-4/h7-12,14H,5-6,13H2,1-4H3,(H,23,29)(H,24,28). The highest BCUT2D eigenvalue weighted by atomic mass is 16.5. The van der Waals surface area contributed by atoms with Crippen molar-refractivity contribution in [2.45, 2.75) is 26.8 Å². The van der Waals surface area contributed by atoms with Crippen molar-refractivity contribution in [3.63, 3.8) is 0 Å². The number of methoxy groups -OCH3 is 1. The van der Waals surface area contributed by atoms with E-state index in [1.807, 2.05) is 38.1 Å². The molecule has 0 fully saturated rings. The lowest BCUT2D eigenvalue weighted by Gasteiger charge is -2.18. The minimum atomic E-state index is -0.222. The number of hydrogen-bond acceptors (Lipinski definition) is 4. The van der Waals surface area contributed by atoms with Gasteiger partial charge in [-0.15, -0.1) is 0 Å². The molecule has 0 radical (unpaired) electrons. The van der Waals surface area contributed by atoms with Gasteiger partial charge in [0.25, 0.3) is 5.91 Å². The topological polar surface area (TPSA) is 88.0 Å². The van der Waals surface area contributed by atoms with Crippen molar-refractivity contribution in [1.82, 2.24) is 20.0 Å². The van der Waals surface area contributed by atoms with Crippen LogP contribution < -0.4 is 20.3 Å². The Balaban J connectivity index is 1.89. The second-order valence-corrected chi connectivity index (χ2v) is 6.77. The molecule has 0 bridgehead atoms. The molecule has 2 heterocycles. The maximum Gasteiger partial charge on any atom is 0.322 e. The van der Waals surface area contributed by atoms with Crippen LogP contribution in [0.2, 0.25) is 0 Å². The number of aryl methyl sites for hydroxylation is 1. The fourth-order valence-electron chi connectivity index (χ4n) is 3.30. The number of pyridine rings is 1. The van der Waals surface area contributed by atoms with E-state index < -0.39 is 0 Å². The van der Waals surface area contributed by atoms with Crippen molar-refractivity contribution in [2.75, 3.05) is 25.6 Å². The number of nitrogens with zero attached hydrogens (tertiary/aromatic N) is 3. The number of para-hydroxylation sites is 1. The third-order valence-electron chi connectivity index (χ3n) is 4.84. The number of hydrogen-bond donors (Lipinski definition) is 2. The van der Waals surface area contributed by atoms with E-state index in [0.717, 1.165) is 17.0 Å². The van der Waals surface area contributed by atoms with E-state index >= 15 is 0 Å². The van der Waals surface area contributed by atoms with Crippen LogP contribution in [0.15, 0.2) is 42.6 Å². The van der Waals surface area contributed by atoms with E-state index in [2.05, 4.69) is 15.6 Å². The predicted molar refractivity (Wildman–Crippen MR) is 116 cm³/mol. The fourth-order valence-corrected chi connectivity index (χ4v) is 3.30. The quantitative estimate of drug-likeness (QED) is 0.628. The Kier molecular flexibility index (Phi) is 6.56. The highest BCUT2D eigenvalue weighted by Crippen LogP contribution is 2.23. The number of aromatic nitrogens is 2. The third-order valence-corrected chi connectivity index (χ3v) is 4.84. The van der Waals surface area contributed by atoms with Crippen LogP contribution in [0.3, 0.4) is 0 Å². The van der Waals surface area contributed by atoms with E-state index in [9.17, 15) is 9.59 Å². The zero-order valence-corrected chi connectivity index (χ0v) is 17.7. The van der Waals surface area contributed by atoms with Crippen molar-refractivity contribution in [1.29, 1.82) is 0 Å². The van der Waals surface area contributed by atoms with Crippen LogP contribution in [0.25, 0.3) is 5.65 Å². The van der Waals surface area contributed by atoms with Crippen LogP contribution in [0, 0.1) is 0 Å². The van der Waals surface area contributed by atoms with Gasteiger partial charge in [-0.1, -0.05) is 25.1 Å². The van der Waals surface area contributed by atoms with Gasteiger partial charge in [-0.05, 0) is 31.5 Å². The number of rotatable bonds is 7. The molecule has 0 spiro atoms. The highest BCUT2D eigenvalue weighted by molar-refractivity contribution is 5.95. The van der Waals surface area contributed by atoms with Crippen molar-refractivity contribution < 1.29 is 14.3 Å². The Bertz CT molecular complexity index is 1060. The second-order valence-electron chi connectivity index (χ2n) is 6.77. The van der Waals surface area contributed by atoms with Gasteiger partial charge in [-0.2, -0.15) is 0 Å². The lowest BCUT2D eigenvalue weighted by atomic mass is 10.2. The van der Waals surface area contributed by atoms with Crippen molar-refractivity contribution >= 4 is 23.4 Å². The molecule has 3 aromatic rings. The Morgan fingerprint density at radius 3 is 2.60 bits per heavy atom. The lowest BCUT2D eigenvalue weighted by Crippen LogP contribution is -2.38. The number of anilines is 1. The molecule has 0 aliphatic rings. The Labute approximate surface area is 175 Å². The van der Waals surface area contributed by atoms with E-state index in [0.29, 0.717) is 36.5 Å². The predicted octanol–water partition coefficient (Wildman–Crippen LogP) is 3.00. The molecule has 0 saturated heterocycles. The normalized spacial score (nSPS) is 10.7. The molecule has 158 valence electrons. The van der Waals surface area contributed by atoms with Crippen molar-refractivity contribution in [2.24, 2.45) is 0 Å². The fraction of sp³-hybridized carbons (Fsp3) is 0.318. The molecule has 0 unspecified atom stereocenters. The molecule has 30 heavy (non-hydrogen) atoms. The molecule has 3 rings (SSSR count). The Morgan fingerprint density at radius 1 is 1.13 bits per heavy atom. The van der Waals surface area contributed by atoms with Gasteiger partial charge in [0.1, 0.15) is 17.2 Å². The summed E-state index contributed by atoms with van der Waals surface area (Å²) in [5.74, 6) is 1.15. The van der Waals surface area contributed by atoms with E-state index in [-0.39, 0.29) is 11.9 Å². The molecule has 2 aromatic heterocycles. The molecule has 8 nitrogen and oxygen atoms in total. The number of benzene rings is 1. The Hall–Kier alpha value is -3.55. The van der Waals surface area contributed by atoms with Crippen molar-refractivity contribution in [3.8, 4) is 5.75 Å². The van der Waals surface area contributed by atoms with Gasteiger partial charge < -0.3 is 15.4 Å². The maximum absolute atomic E-state index is 12.8. The average molecular weight is 409 g/mol. The first-order valence-corrected chi connectivity index (χ1v) is 9.92. The minimum Gasteiger partial charge on any atom is -0.496 e. The van der Waals surface area contributed by atoms with Crippen LogP contribution in [-0.4, -0.2) is 42.0 Å². The number of nitrogens with one attached hydrogen (secondary N) is 2. The first kappa shape index (κ1) is 21.2. The molecule has 0 atom stereocenters. The van der Waals surface area contributed by atoms with Gasteiger partial charge in [0.2, 0.25) is 0 Å². The van der Waals surface area contributed by atoms with Gasteiger partial charge >= 0.3 is 6.03 Å². The summed E-state index contributed by atoms with van der Waals surface area (Å²) in [7, 11) is 3.30. The summed E-state index contributed by atoms with van der Waals surface area (Å²) in [5, 5.41) is 5.71. The van der Waals surface area contributed by atoms with Gasteiger partial charge in [0.15, 0.2) is 0 Å². The second kappa shape index (κ2) is 9.30. The smallest absolute Gasteiger partial charge is 0.322 e. The van der Waals surface area contributed by atoms with Gasteiger partial charge in [-0.25, -0.2) is 9.78 Å². The SMILES string of the molecule is CCNC(=O)N(C)c1c(CC)nc2ccc(C(=O)NCc3ccccc3OC)cn12. The zero-order valence-electron chi connectivity index (χ0n) is 17.7. The number of fused-ring (bicyclic) bond motifs is 1. The summed E-state index contributed by atoms with van der Waals surface area (Å²) in [6.45, 7) is 4.72. The highest BCUT2D eigenvalue weighted by Gasteiger charge is 2.20. The largest absolute Gasteiger partial charge is 0.496 e. The molecular formula is C22H27N5O3. The van der Waals surface area contributed by atoms with E-state index in [1.54, 1.807) is 36.9 Å². The first-order chi connectivity index (χ1) is 14.5. The molecule has 3 amide bonds. The Morgan fingerprint density at radius 2 is 1.90 bits per heavy atom. The third kappa shape index (κ3) is 4.22. The van der Waals surface area contributed by atoms with Crippen molar-refractivity contribution in [3.05, 3.63) is 59.4 Å². The van der Waals surface area contributed by atoms with Gasteiger partial charge in [-0.3, -0.25) is 14.1 Å². The number of carbonyl (C=O) groups excluding carboxylic acids is 2. The summed E-state index contributed by atoms with van der Waals surface area (Å²) >= 11 is 0. The van der Waals surface area contributed by atoms with E-state index in [1.165, 1.54) is 4.90 Å². The summed E-state index contributed by atoms with van der Waals surface area (Å²) < 4.78 is 7.12. The number of amides is 3. The summed E-state index contributed by atoms with van der Waals surface area (Å²) in [5.41, 5.74) is 2.83. The molecule has 0 saturated carbocycles. The first-order valence-electron chi connectivity index (χ1n) is 9.92. The zero-order chi connectivity index (χ0) is 21.7. The molecule has 0 aliphatic carbocycles.